The van der Waals surface area contributed by atoms with Gasteiger partial charge >= 0.3 is 0 Å². The maximum atomic E-state index is 5.72. The Balaban J connectivity index is 2.35. The SMILES string of the molecule is C=C(C)CN(C)c1cc(-n2cccn2)nc(N)n1. The van der Waals surface area contributed by atoms with E-state index in [4.69, 9.17) is 5.73 Å². The standard InChI is InChI=1S/C12H16N6/c1-9(2)8-17(3)10-7-11(16-12(13)15-10)18-6-4-5-14-18/h4-7H,1,8H2,2-3H3,(H2,13,15,16). The van der Waals surface area contributed by atoms with Gasteiger partial charge in [0.25, 0.3) is 0 Å². The molecule has 0 amide bonds. The van der Waals surface area contributed by atoms with Crippen LogP contribution in [-0.2, 0) is 0 Å². The van der Waals surface area contributed by atoms with E-state index in [0.29, 0.717) is 5.82 Å². The van der Waals surface area contributed by atoms with E-state index in [9.17, 15) is 0 Å². The van der Waals surface area contributed by atoms with Gasteiger partial charge in [-0.1, -0.05) is 12.2 Å². The van der Waals surface area contributed by atoms with Crippen LogP contribution in [0.4, 0.5) is 11.8 Å². The lowest BCUT2D eigenvalue weighted by atomic mass is 10.3. The highest BCUT2D eigenvalue weighted by molar-refractivity contribution is 5.47. The molecule has 2 rings (SSSR count). The van der Waals surface area contributed by atoms with Crippen LogP contribution in [0.25, 0.3) is 5.82 Å². The van der Waals surface area contributed by atoms with Crippen molar-refractivity contribution in [3.63, 3.8) is 0 Å². The molecule has 0 bridgehead atoms. The largest absolute Gasteiger partial charge is 0.368 e. The number of anilines is 2. The summed E-state index contributed by atoms with van der Waals surface area (Å²) in [5.41, 5.74) is 6.77. The highest BCUT2D eigenvalue weighted by Gasteiger charge is 2.08. The van der Waals surface area contributed by atoms with Crippen LogP contribution in [0.5, 0.6) is 0 Å². The summed E-state index contributed by atoms with van der Waals surface area (Å²) in [6.45, 7) is 6.57. The molecule has 0 atom stereocenters. The molecule has 0 unspecified atom stereocenters. The van der Waals surface area contributed by atoms with Crippen molar-refractivity contribution < 1.29 is 0 Å². The van der Waals surface area contributed by atoms with E-state index in [1.165, 1.54) is 0 Å². The maximum absolute atomic E-state index is 5.72. The molecule has 2 aromatic rings. The number of rotatable bonds is 4. The molecular formula is C12H16N6. The molecule has 0 aromatic carbocycles. The predicted molar refractivity (Wildman–Crippen MR) is 71.7 cm³/mol. The molecule has 2 N–H and O–H groups in total. The van der Waals surface area contributed by atoms with Gasteiger partial charge in [0.1, 0.15) is 5.82 Å². The number of nitrogen functional groups attached to an aromatic ring is 1. The second-order valence-corrected chi connectivity index (χ2v) is 4.21. The van der Waals surface area contributed by atoms with E-state index in [1.54, 1.807) is 10.9 Å². The normalized spacial score (nSPS) is 10.3. The summed E-state index contributed by atoms with van der Waals surface area (Å²) in [7, 11) is 1.93. The topological polar surface area (TPSA) is 72.9 Å². The minimum atomic E-state index is 0.228. The smallest absolute Gasteiger partial charge is 0.224 e. The van der Waals surface area contributed by atoms with Crippen molar-refractivity contribution in [2.75, 3.05) is 24.2 Å². The van der Waals surface area contributed by atoms with Gasteiger partial charge in [-0.3, -0.25) is 0 Å². The van der Waals surface area contributed by atoms with Crippen molar-refractivity contribution in [1.29, 1.82) is 0 Å². The first-order valence-electron chi connectivity index (χ1n) is 5.56. The van der Waals surface area contributed by atoms with Gasteiger partial charge in [0.05, 0.1) is 0 Å². The summed E-state index contributed by atoms with van der Waals surface area (Å²) in [5, 5.41) is 4.12. The Labute approximate surface area is 106 Å². The molecular weight excluding hydrogens is 228 g/mol. The van der Waals surface area contributed by atoms with Crippen molar-refractivity contribution in [3.05, 3.63) is 36.7 Å². The van der Waals surface area contributed by atoms with Gasteiger partial charge in [0.2, 0.25) is 5.95 Å². The molecule has 0 spiro atoms. The van der Waals surface area contributed by atoms with Crippen molar-refractivity contribution in [2.24, 2.45) is 0 Å². The minimum Gasteiger partial charge on any atom is -0.368 e. The Morgan fingerprint density at radius 2 is 2.28 bits per heavy atom. The zero-order valence-electron chi connectivity index (χ0n) is 10.5. The number of nitrogens with zero attached hydrogens (tertiary/aromatic N) is 5. The molecule has 0 radical (unpaired) electrons. The molecule has 6 heteroatoms. The van der Waals surface area contributed by atoms with E-state index in [0.717, 1.165) is 17.9 Å². The van der Waals surface area contributed by atoms with Crippen molar-refractivity contribution >= 4 is 11.8 Å². The Morgan fingerprint density at radius 1 is 1.50 bits per heavy atom. The summed E-state index contributed by atoms with van der Waals surface area (Å²) in [4.78, 5) is 10.3. The molecule has 94 valence electrons. The van der Waals surface area contributed by atoms with Gasteiger partial charge in [0, 0.05) is 32.1 Å². The van der Waals surface area contributed by atoms with Crippen LogP contribution in [0.15, 0.2) is 36.7 Å². The molecule has 0 saturated carbocycles. The molecule has 0 aliphatic carbocycles. The molecule has 2 aromatic heterocycles. The summed E-state index contributed by atoms with van der Waals surface area (Å²) >= 11 is 0. The fourth-order valence-corrected chi connectivity index (χ4v) is 1.64. The van der Waals surface area contributed by atoms with E-state index < -0.39 is 0 Å². The monoisotopic (exact) mass is 244 g/mol. The Bertz CT molecular complexity index is 546. The van der Waals surface area contributed by atoms with Gasteiger partial charge in [-0.25, -0.2) is 4.68 Å². The average Bonchev–Trinajstić information content (AvgIpc) is 2.80. The van der Waals surface area contributed by atoms with Gasteiger partial charge in [0.15, 0.2) is 5.82 Å². The molecule has 6 nitrogen and oxygen atoms in total. The molecule has 18 heavy (non-hydrogen) atoms. The van der Waals surface area contributed by atoms with Crippen molar-refractivity contribution in [3.8, 4) is 5.82 Å². The second-order valence-electron chi connectivity index (χ2n) is 4.21. The van der Waals surface area contributed by atoms with Gasteiger partial charge in [-0.2, -0.15) is 15.1 Å². The van der Waals surface area contributed by atoms with Gasteiger partial charge in [-0.15, -0.1) is 0 Å². The Morgan fingerprint density at radius 3 is 2.89 bits per heavy atom. The third kappa shape index (κ3) is 2.65. The third-order valence-corrected chi connectivity index (χ3v) is 2.35. The van der Waals surface area contributed by atoms with Crippen LogP contribution in [0.3, 0.4) is 0 Å². The number of hydrogen-bond acceptors (Lipinski definition) is 5. The van der Waals surface area contributed by atoms with E-state index >= 15 is 0 Å². The quantitative estimate of drug-likeness (QED) is 0.820. The summed E-state index contributed by atoms with van der Waals surface area (Å²) in [6.07, 6.45) is 3.50. The first-order valence-corrected chi connectivity index (χ1v) is 5.56. The van der Waals surface area contributed by atoms with E-state index in [-0.39, 0.29) is 5.95 Å². The Hall–Kier alpha value is -2.37. The predicted octanol–water partition coefficient (Wildman–Crippen LogP) is 1.26. The van der Waals surface area contributed by atoms with Crippen molar-refractivity contribution in [1.82, 2.24) is 19.7 Å². The van der Waals surface area contributed by atoms with Crippen LogP contribution < -0.4 is 10.6 Å². The van der Waals surface area contributed by atoms with Crippen LogP contribution in [-0.4, -0.2) is 33.3 Å². The highest BCUT2D eigenvalue weighted by Crippen LogP contribution is 2.15. The summed E-state index contributed by atoms with van der Waals surface area (Å²) in [5.74, 6) is 1.62. The van der Waals surface area contributed by atoms with E-state index in [2.05, 4.69) is 21.6 Å². The number of hydrogen-bond donors (Lipinski definition) is 1. The zero-order valence-corrected chi connectivity index (χ0v) is 10.5. The number of likely N-dealkylation sites (N-methyl/N-ethyl adjacent to an activating group) is 1. The lowest BCUT2D eigenvalue weighted by Crippen LogP contribution is -2.21. The first-order chi connectivity index (χ1) is 8.56. The molecule has 0 aliphatic heterocycles. The number of aromatic nitrogens is 4. The van der Waals surface area contributed by atoms with E-state index in [1.807, 2.05) is 37.2 Å². The second kappa shape index (κ2) is 4.87. The van der Waals surface area contributed by atoms with Crippen LogP contribution in [0.1, 0.15) is 6.92 Å². The lowest BCUT2D eigenvalue weighted by Gasteiger charge is -2.18. The van der Waals surface area contributed by atoms with Crippen LogP contribution >= 0.6 is 0 Å². The Kier molecular flexibility index (Phi) is 3.27. The van der Waals surface area contributed by atoms with Gasteiger partial charge < -0.3 is 10.6 Å². The maximum Gasteiger partial charge on any atom is 0.224 e. The van der Waals surface area contributed by atoms with Crippen molar-refractivity contribution in [2.45, 2.75) is 6.92 Å². The molecule has 0 saturated heterocycles. The highest BCUT2D eigenvalue weighted by atomic mass is 15.3. The number of nitrogens with two attached hydrogens (primary N) is 1. The third-order valence-electron chi connectivity index (χ3n) is 2.35. The molecule has 0 aliphatic rings. The summed E-state index contributed by atoms with van der Waals surface area (Å²) < 4.78 is 1.65. The summed E-state index contributed by atoms with van der Waals surface area (Å²) in [6, 6.07) is 3.67. The fourth-order valence-electron chi connectivity index (χ4n) is 1.64. The first kappa shape index (κ1) is 12.1. The van der Waals surface area contributed by atoms with Crippen LogP contribution in [0, 0.1) is 0 Å². The fraction of sp³-hybridized carbons (Fsp3) is 0.250. The molecule has 0 fully saturated rings. The zero-order chi connectivity index (χ0) is 13.1. The van der Waals surface area contributed by atoms with Crippen LogP contribution in [0.2, 0.25) is 0 Å². The lowest BCUT2D eigenvalue weighted by molar-refractivity contribution is 0.836. The minimum absolute atomic E-state index is 0.228. The molecule has 2 heterocycles. The van der Waals surface area contributed by atoms with Gasteiger partial charge in [-0.05, 0) is 13.0 Å². The average molecular weight is 244 g/mol.